The third-order valence-electron chi connectivity index (χ3n) is 2.55. The van der Waals surface area contributed by atoms with E-state index < -0.39 is 5.97 Å². The number of halogens is 6. The molecular formula is C12H3Cl6NO2. The number of hydrogen-bond donors (Lipinski definition) is 1. The van der Waals surface area contributed by atoms with Crippen molar-refractivity contribution in [3.8, 4) is 11.3 Å². The van der Waals surface area contributed by atoms with Crippen molar-refractivity contribution < 1.29 is 9.90 Å². The highest BCUT2D eigenvalue weighted by Gasteiger charge is 2.22. The maximum Gasteiger partial charge on any atom is 0.338 e. The van der Waals surface area contributed by atoms with E-state index in [1.54, 1.807) is 0 Å². The summed E-state index contributed by atoms with van der Waals surface area (Å²) in [6, 6.07) is 2.67. The lowest BCUT2D eigenvalue weighted by atomic mass is 10.1. The minimum absolute atomic E-state index is 0.0166. The van der Waals surface area contributed by atoms with E-state index in [2.05, 4.69) is 4.98 Å². The van der Waals surface area contributed by atoms with Gasteiger partial charge in [0.15, 0.2) is 0 Å². The molecule has 1 aromatic carbocycles. The Balaban J connectivity index is 2.74. The van der Waals surface area contributed by atoms with Gasteiger partial charge < -0.3 is 5.11 Å². The molecule has 0 radical (unpaired) electrons. The Kier molecular flexibility index (Phi) is 5.14. The molecule has 0 aliphatic heterocycles. The van der Waals surface area contributed by atoms with Crippen molar-refractivity contribution in [1.82, 2.24) is 4.98 Å². The lowest BCUT2D eigenvalue weighted by Gasteiger charge is -2.12. The van der Waals surface area contributed by atoms with Gasteiger partial charge in [0, 0.05) is 5.56 Å². The van der Waals surface area contributed by atoms with Crippen LogP contribution in [-0.4, -0.2) is 16.1 Å². The maximum atomic E-state index is 10.9. The van der Waals surface area contributed by atoms with Crippen molar-refractivity contribution in [2.24, 2.45) is 0 Å². The Morgan fingerprint density at radius 1 is 0.857 bits per heavy atom. The van der Waals surface area contributed by atoms with Gasteiger partial charge in [0.1, 0.15) is 5.15 Å². The van der Waals surface area contributed by atoms with Crippen molar-refractivity contribution >= 4 is 75.6 Å². The molecule has 0 unspecified atom stereocenters. The second-order valence-electron chi connectivity index (χ2n) is 3.78. The van der Waals surface area contributed by atoms with Gasteiger partial charge in [-0.25, -0.2) is 9.78 Å². The normalized spacial score (nSPS) is 10.8. The number of carboxylic acid groups (broad SMARTS) is 1. The number of nitrogens with zero attached hydrogens (tertiary/aromatic N) is 1. The SMILES string of the molecule is O=C(O)c1ccc(-c2c(Cl)c(Cl)c(Cl)c(Cl)c2Cl)nc1Cl. The third kappa shape index (κ3) is 3.04. The van der Waals surface area contributed by atoms with Crippen LogP contribution < -0.4 is 0 Å². The summed E-state index contributed by atoms with van der Waals surface area (Å²) in [5, 5.41) is 8.85. The Morgan fingerprint density at radius 2 is 1.33 bits per heavy atom. The molecule has 110 valence electrons. The quantitative estimate of drug-likeness (QED) is 0.359. The zero-order chi connectivity index (χ0) is 15.9. The molecule has 0 atom stereocenters. The lowest BCUT2D eigenvalue weighted by molar-refractivity contribution is 0.0696. The van der Waals surface area contributed by atoms with Gasteiger partial charge in [0.25, 0.3) is 0 Å². The number of pyridine rings is 1. The van der Waals surface area contributed by atoms with Crippen LogP contribution in [0.15, 0.2) is 12.1 Å². The van der Waals surface area contributed by atoms with Crippen LogP contribution in [0.4, 0.5) is 0 Å². The van der Waals surface area contributed by atoms with E-state index in [1.165, 1.54) is 12.1 Å². The molecule has 1 aromatic heterocycles. The van der Waals surface area contributed by atoms with Crippen LogP contribution >= 0.6 is 69.6 Å². The van der Waals surface area contributed by atoms with Gasteiger partial charge in [0.2, 0.25) is 0 Å². The van der Waals surface area contributed by atoms with E-state index in [-0.39, 0.29) is 47.1 Å². The molecule has 1 heterocycles. The molecule has 2 rings (SSSR count). The van der Waals surface area contributed by atoms with E-state index in [1.807, 2.05) is 0 Å². The minimum Gasteiger partial charge on any atom is -0.478 e. The molecule has 2 aromatic rings. The fourth-order valence-electron chi connectivity index (χ4n) is 1.56. The molecule has 0 aliphatic carbocycles. The fourth-order valence-corrected chi connectivity index (χ4v) is 3.13. The third-order valence-corrected chi connectivity index (χ3v) is 5.11. The molecule has 0 bridgehead atoms. The number of carboxylic acids is 1. The predicted molar refractivity (Wildman–Crippen MR) is 86.7 cm³/mol. The first-order chi connectivity index (χ1) is 9.75. The van der Waals surface area contributed by atoms with Gasteiger partial charge in [-0.15, -0.1) is 0 Å². The molecule has 1 N–H and O–H groups in total. The van der Waals surface area contributed by atoms with Gasteiger partial charge in [-0.3, -0.25) is 0 Å². The predicted octanol–water partition coefficient (Wildman–Crippen LogP) is 6.37. The zero-order valence-electron chi connectivity index (χ0n) is 9.73. The Morgan fingerprint density at radius 3 is 1.76 bits per heavy atom. The maximum absolute atomic E-state index is 10.9. The highest BCUT2D eigenvalue weighted by atomic mass is 35.5. The summed E-state index contributed by atoms with van der Waals surface area (Å²) in [5.41, 5.74) is 0.288. The molecule has 0 amide bonds. The molecule has 21 heavy (non-hydrogen) atoms. The van der Waals surface area contributed by atoms with Crippen molar-refractivity contribution in [2.45, 2.75) is 0 Å². The number of carbonyl (C=O) groups is 1. The average molecular weight is 406 g/mol. The standard InChI is InChI=1S/C12H3Cl6NO2/c13-6-5(7(14)9(16)10(17)8(6)15)4-2-1-3(12(20)21)11(18)19-4/h1-2H,(H,20,21). The van der Waals surface area contributed by atoms with Crippen molar-refractivity contribution in [1.29, 1.82) is 0 Å². The molecule has 0 spiro atoms. The second-order valence-corrected chi connectivity index (χ2v) is 6.03. The van der Waals surface area contributed by atoms with Crippen LogP contribution in [0.3, 0.4) is 0 Å². The van der Waals surface area contributed by atoms with Crippen molar-refractivity contribution in [3.05, 3.63) is 48.0 Å². The summed E-state index contributed by atoms with van der Waals surface area (Å²) in [4.78, 5) is 14.9. The summed E-state index contributed by atoms with van der Waals surface area (Å²) in [5.74, 6) is -1.21. The Hall–Kier alpha value is -0.420. The summed E-state index contributed by atoms with van der Waals surface area (Å²) >= 11 is 35.9. The topological polar surface area (TPSA) is 50.2 Å². The smallest absolute Gasteiger partial charge is 0.338 e. The van der Waals surface area contributed by atoms with E-state index in [0.29, 0.717) is 0 Å². The van der Waals surface area contributed by atoms with Crippen molar-refractivity contribution in [2.75, 3.05) is 0 Å². The van der Waals surface area contributed by atoms with Crippen LogP contribution in [0, 0.1) is 0 Å². The number of benzene rings is 1. The first kappa shape index (κ1) is 16.9. The van der Waals surface area contributed by atoms with Gasteiger partial charge in [0.05, 0.1) is 36.4 Å². The number of hydrogen-bond acceptors (Lipinski definition) is 2. The molecule has 0 fully saturated rings. The highest BCUT2D eigenvalue weighted by Crippen LogP contribution is 2.47. The largest absolute Gasteiger partial charge is 0.478 e. The summed E-state index contributed by atoms with van der Waals surface area (Å²) in [7, 11) is 0. The monoisotopic (exact) mass is 403 g/mol. The van der Waals surface area contributed by atoms with Gasteiger partial charge in [-0.05, 0) is 12.1 Å². The van der Waals surface area contributed by atoms with Crippen LogP contribution in [0.5, 0.6) is 0 Å². The van der Waals surface area contributed by atoms with Gasteiger partial charge >= 0.3 is 5.97 Å². The second kappa shape index (κ2) is 6.37. The van der Waals surface area contributed by atoms with Crippen LogP contribution in [0.2, 0.25) is 30.3 Å². The van der Waals surface area contributed by atoms with Crippen LogP contribution in [0.1, 0.15) is 10.4 Å². The highest BCUT2D eigenvalue weighted by molar-refractivity contribution is 6.56. The number of aromatic nitrogens is 1. The first-order valence-electron chi connectivity index (χ1n) is 5.17. The molecule has 3 nitrogen and oxygen atoms in total. The molecule has 0 aliphatic rings. The van der Waals surface area contributed by atoms with E-state index in [9.17, 15) is 4.79 Å². The van der Waals surface area contributed by atoms with E-state index in [0.717, 1.165) is 0 Å². The summed E-state index contributed by atoms with van der Waals surface area (Å²) < 4.78 is 0. The van der Waals surface area contributed by atoms with Gasteiger partial charge in [-0.1, -0.05) is 69.6 Å². The first-order valence-corrected chi connectivity index (χ1v) is 7.44. The van der Waals surface area contributed by atoms with E-state index in [4.69, 9.17) is 74.7 Å². The molecular weight excluding hydrogens is 403 g/mol. The molecule has 0 saturated carbocycles. The van der Waals surface area contributed by atoms with Gasteiger partial charge in [-0.2, -0.15) is 0 Å². The summed E-state index contributed by atoms with van der Waals surface area (Å²) in [6.45, 7) is 0. The van der Waals surface area contributed by atoms with E-state index >= 15 is 0 Å². The van der Waals surface area contributed by atoms with Crippen LogP contribution in [0.25, 0.3) is 11.3 Å². The Labute approximate surface area is 149 Å². The Bertz CT molecular complexity index is 733. The lowest BCUT2D eigenvalue weighted by Crippen LogP contribution is -2.00. The number of aromatic carboxylic acids is 1. The van der Waals surface area contributed by atoms with Crippen LogP contribution in [-0.2, 0) is 0 Å². The average Bonchev–Trinajstić information content (AvgIpc) is 2.43. The molecule has 9 heteroatoms. The summed E-state index contributed by atoms with van der Waals surface area (Å²) in [6.07, 6.45) is 0. The minimum atomic E-state index is -1.21. The molecule has 0 saturated heterocycles. The fraction of sp³-hybridized carbons (Fsp3) is 0. The van der Waals surface area contributed by atoms with Crippen molar-refractivity contribution in [3.63, 3.8) is 0 Å². The zero-order valence-corrected chi connectivity index (χ0v) is 14.3. The number of rotatable bonds is 2.